The maximum Gasteiger partial charge on any atom is 0.173 e. The number of hydrogen-bond donors (Lipinski definition) is 1. The van der Waals surface area contributed by atoms with Gasteiger partial charge in [-0.3, -0.25) is 0 Å². The number of nitrogens with zero attached hydrogens (tertiary/aromatic N) is 2. The van der Waals surface area contributed by atoms with Crippen LogP contribution in [-0.2, 0) is 6.54 Å². The van der Waals surface area contributed by atoms with Crippen LogP contribution in [0.5, 0.6) is 0 Å². The topological polar surface area (TPSA) is 18.5 Å². The van der Waals surface area contributed by atoms with E-state index in [1.807, 2.05) is 0 Å². The van der Waals surface area contributed by atoms with Crippen molar-refractivity contribution < 1.29 is 0 Å². The van der Waals surface area contributed by atoms with E-state index in [9.17, 15) is 0 Å². The fraction of sp³-hybridized carbons (Fsp3) is 0.500. The number of likely N-dealkylation sites (tertiary alicyclic amines) is 1. The van der Waals surface area contributed by atoms with Crippen molar-refractivity contribution >= 4 is 34.4 Å². The molecule has 1 fully saturated rings. The summed E-state index contributed by atoms with van der Waals surface area (Å²) in [5, 5.41) is 6.44. The summed E-state index contributed by atoms with van der Waals surface area (Å²) >= 11 is 7.59. The second-order valence-corrected chi connectivity index (χ2v) is 8.98. The molecule has 2 aromatic rings. The van der Waals surface area contributed by atoms with Gasteiger partial charge >= 0.3 is 0 Å². The van der Waals surface area contributed by atoms with Gasteiger partial charge in [0.05, 0.1) is 6.54 Å². The van der Waals surface area contributed by atoms with Crippen LogP contribution < -0.4 is 5.32 Å². The van der Waals surface area contributed by atoms with Gasteiger partial charge in [0.15, 0.2) is 5.11 Å². The minimum atomic E-state index is 0.826. The highest BCUT2D eigenvalue weighted by atomic mass is 32.1. The number of aryl methyl sites for hydroxylation is 2. The first-order valence-electron chi connectivity index (χ1n) is 9.99. The fourth-order valence-corrected chi connectivity index (χ4v) is 4.75. The SMILES string of the molecule is Cc1cc(C)cc(NC(=S)N(CCCN2CCCCC2)Cc2cccs2)c1. The molecule has 2 heterocycles. The minimum absolute atomic E-state index is 0.826. The molecule has 0 unspecified atom stereocenters. The van der Waals surface area contributed by atoms with Crippen LogP contribution in [0.1, 0.15) is 41.7 Å². The van der Waals surface area contributed by atoms with Gasteiger partial charge in [-0.05, 0) is 99.7 Å². The van der Waals surface area contributed by atoms with Gasteiger partial charge in [0, 0.05) is 17.1 Å². The maximum absolute atomic E-state index is 5.79. The normalized spacial score (nSPS) is 14.9. The molecule has 146 valence electrons. The Morgan fingerprint density at radius 2 is 1.89 bits per heavy atom. The Morgan fingerprint density at radius 3 is 2.56 bits per heavy atom. The van der Waals surface area contributed by atoms with Crippen LogP contribution in [0, 0.1) is 13.8 Å². The van der Waals surface area contributed by atoms with Crippen molar-refractivity contribution in [3.8, 4) is 0 Å². The van der Waals surface area contributed by atoms with E-state index in [0.717, 1.165) is 30.3 Å². The predicted molar refractivity (Wildman–Crippen MR) is 122 cm³/mol. The number of hydrogen-bond acceptors (Lipinski definition) is 3. The van der Waals surface area contributed by atoms with E-state index in [-0.39, 0.29) is 0 Å². The summed E-state index contributed by atoms with van der Waals surface area (Å²) in [6.45, 7) is 9.82. The molecule has 1 N–H and O–H groups in total. The van der Waals surface area contributed by atoms with Crippen LogP contribution in [0.3, 0.4) is 0 Å². The Morgan fingerprint density at radius 1 is 1.15 bits per heavy atom. The third kappa shape index (κ3) is 6.59. The van der Waals surface area contributed by atoms with E-state index in [1.165, 1.54) is 54.9 Å². The maximum atomic E-state index is 5.79. The molecular weight excluding hydrogens is 370 g/mol. The molecule has 0 amide bonds. The van der Waals surface area contributed by atoms with Crippen LogP contribution >= 0.6 is 23.6 Å². The molecule has 0 atom stereocenters. The van der Waals surface area contributed by atoms with Crippen LogP contribution in [0.15, 0.2) is 35.7 Å². The Kier molecular flexibility index (Phi) is 7.68. The van der Waals surface area contributed by atoms with E-state index in [4.69, 9.17) is 12.2 Å². The molecule has 1 saturated heterocycles. The highest BCUT2D eigenvalue weighted by Crippen LogP contribution is 2.17. The Hall–Kier alpha value is -1.43. The molecule has 1 aliphatic rings. The van der Waals surface area contributed by atoms with Gasteiger partial charge in [0.25, 0.3) is 0 Å². The van der Waals surface area contributed by atoms with E-state index in [1.54, 1.807) is 11.3 Å². The van der Waals surface area contributed by atoms with Crippen LogP contribution in [0.2, 0.25) is 0 Å². The van der Waals surface area contributed by atoms with E-state index < -0.39 is 0 Å². The van der Waals surface area contributed by atoms with Gasteiger partial charge in [-0.15, -0.1) is 11.3 Å². The Labute approximate surface area is 173 Å². The number of rotatable bonds is 7. The highest BCUT2D eigenvalue weighted by molar-refractivity contribution is 7.80. The predicted octanol–water partition coefficient (Wildman–Crippen LogP) is 5.44. The highest BCUT2D eigenvalue weighted by Gasteiger charge is 2.14. The lowest BCUT2D eigenvalue weighted by Crippen LogP contribution is -2.37. The van der Waals surface area contributed by atoms with Crippen LogP contribution in [0.4, 0.5) is 5.69 Å². The van der Waals surface area contributed by atoms with Gasteiger partial charge in [0.1, 0.15) is 0 Å². The molecule has 1 aromatic heterocycles. The molecule has 3 nitrogen and oxygen atoms in total. The van der Waals surface area contributed by atoms with Crippen molar-refractivity contribution in [1.29, 1.82) is 0 Å². The van der Waals surface area contributed by atoms with Crippen LogP contribution in [-0.4, -0.2) is 41.1 Å². The number of nitrogens with one attached hydrogen (secondary N) is 1. The average Bonchev–Trinajstić information content (AvgIpc) is 3.14. The summed E-state index contributed by atoms with van der Waals surface area (Å²) in [6.07, 6.45) is 5.25. The average molecular weight is 402 g/mol. The van der Waals surface area contributed by atoms with Gasteiger partial charge in [-0.2, -0.15) is 0 Å². The van der Waals surface area contributed by atoms with Crippen molar-refractivity contribution in [3.63, 3.8) is 0 Å². The summed E-state index contributed by atoms with van der Waals surface area (Å²) in [6, 6.07) is 10.8. The van der Waals surface area contributed by atoms with Crippen molar-refractivity contribution in [2.75, 3.05) is 31.5 Å². The van der Waals surface area contributed by atoms with E-state index >= 15 is 0 Å². The van der Waals surface area contributed by atoms with Crippen molar-refractivity contribution in [2.24, 2.45) is 0 Å². The summed E-state index contributed by atoms with van der Waals surface area (Å²) in [4.78, 5) is 6.29. The van der Waals surface area contributed by atoms with Gasteiger partial charge in [-0.25, -0.2) is 0 Å². The summed E-state index contributed by atoms with van der Waals surface area (Å²) in [5.41, 5.74) is 3.61. The van der Waals surface area contributed by atoms with Gasteiger partial charge in [-0.1, -0.05) is 18.6 Å². The first-order chi connectivity index (χ1) is 13.1. The zero-order valence-electron chi connectivity index (χ0n) is 16.5. The molecule has 5 heteroatoms. The second-order valence-electron chi connectivity index (χ2n) is 7.56. The monoisotopic (exact) mass is 401 g/mol. The molecule has 1 aliphatic heterocycles. The molecule has 0 bridgehead atoms. The van der Waals surface area contributed by atoms with Crippen molar-refractivity contribution in [2.45, 2.75) is 46.1 Å². The summed E-state index contributed by atoms with van der Waals surface area (Å²) < 4.78 is 0. The standard InChI is InChI=1S/C22H31N3S2/c1-18-14-19(2)16-20(15-18)23-22(26)25(17-21-8-6-13-27-21)12-7-11-24-9-4-3-5-10-24/h6,8,13-16H,3-5,7,9-12,17H2,1-2H3,(H,23,26). The third-order valence-electron chi connectivity index (χ3n) is 5.04. The Balaban J connectivity index is 1.60. The largest absolute Gasteiger partial charge is 0.344 e. The molecule has 1 aromatic carbocycles. The Bertz CT molecular complexity index is 701. The smallest absolute Gasteiger partial charge is 0.173 e. The first-order valence-corrected chi connectivity index (χ1v) is 11.3. The summed E-state index contributed by atoms with van der Waals surface area (Å²) in [7, 11) is 0. The molecular formula is C22H31N3S2. The number of piperidine rings is 1. The quantitative estimate of drug-likeness (QED) is 0.622. The van der Waals surface area contributed by atoms with E-state index in [0.29, 0.717) is 0 Å². The van der Waals surface area contributed by atoms with Gasteiger partial charge < -0.3 is 15.1 Å². The lowest BCUT2D eigenvalue weighted by molar-refractivity contribution is 0.218. The molecule has 0 spiro atoms. The molecule has 0 radical (unpaired) electrons. The lowest BCUT2D eigenvalue weighted by atomic mass is 10.1. The van der Waals surface area contributed by atoms with Crippen molar-refractivity contribution in [1.82, 2.24) is 9.80 Å². The lowest BCUT2D eigenvalue weighted by Gasteiger charge is -2.29. The molecule has 0 aliphatic carbocycles. The summed E-state index contributed by atoms with van der Waals surface area (Å²) in [5.74, 6) is 0. The number of thiocarbonyl (C=S) groups is 1. The second kappa shape index (κ2) is 10.2. The number of thiophene rings is 1. The van der Waals surface area contributed by atoms with E-state index in [2.05, 4.69) is 64.7 Å². The van der Waals surface area contributed by atoms with Gasteiger partial charge in [0.2, 0.25) is 0 Å². The molecule has 3 rings (SSSR count). The third-order valence-corrected chi connectivity index (χ3v) is 6.26. The zero-order chi connectivity index (χ0) is 19.1. The number of anilines is 1. The van der Waals surface area contributed by atoms with Crippen LogP contribution in [0.25, 0.3) is 0 Å². The van der Waals surface area contributed by atoms with Crippen molar-refractivity contribution in [3.05, 3.63) is 51.7 Å². The minimum Gasteiger partial charge on any atom is -0.344 e. The molecule has 0 saturated carbocycles. The zero-order valence-corrected chi connectivity index (χ0v) is 18.2. The number of benzene rings is 1. The molecule has 27 heavy (non-hydrogen) atoms. The first kappa shape index (κ1) is 20.3. The fourth-order valence-electron chi connectivity index (χ4n) is 3.76.